The fourth-order valence-corrected chi connectivity index (χ4v) is 3.12. The van der Waals surface area contributed by atoms with E-state index in [-0.39, 0.29) is 5.97 Å². The van der Waals surface area contributed by atoms with Crippen LogP contribution in [0.2, 0.25) is 0 Å². The van der Waals surface area contributed by atoms with Crippen LogP contribution in [0.4, 0.5) is 0 Å². The van der Waals surface area contributed by atoms with E-state index in [1.54, 1.807) is 13.3 Å². The summed E-state index contributed by atoms with van der Waals surface area (Å²) >= 11 is 4.67. The average Bonchev–Trinajstić information content (AvgIpc) is 2.65. The average molecular weight is 302 g/mol. The highest BCUT2D eigenvalue weighted by Gasteiger charge is 2.18. The molecule has 0 atom stereocenters. The van der Waals surface area contributed by atoms with Crippen molar-refractivity contribution >= 4 is 43.5 Å². The van der Waals surface area contributed by atoms with E-state index >= 15 is 0 Å². The Bertz CT molecular complexity index is 552. The van der Waals surface area contributed by atoms with Gasteiger partial charge in [-0.2, -0.15) is 0 Å². The molecule has 84 valence electrons. The number of thiophene rings is 1. The summed E-state index contributed by atoms with van der Waals surface area (Å²) in [5.41, 5.74) is 0.742. The third kappa shape index (κ3) is 1.78. The van der Waals surface area contributed by atoms with Crippen molar-refractivity contribution < 1.29 is 14.3 Å². The summed E-state index contributed by atoms with van der Waals surface area (Å²) in [4.78, 5) is 16.2. The number of fused-ring (bicyclic) bond motifs is 1. The summed E-state index contributed by atoms with van der Waals surface area (Å²) in [5.74, 6) is 0.298. The fraction of sp³-hybridized carbons (Fsp3) is 0.200. The first kappa shape index (κ1) is 11.3. The summed E-state index contributed by atoms with van der Waals surface area (Å²) in [6, 6.07) is 1.84. The van der Waals surface area contributed by atoms with Crippen LogP contribution in [0.25, 0.3) is 10.2 Å². The summed E-state index contributed by atoms with van der Waals surface area (Å²) in [5, 5.41) is 0. The molecule has 2 aromatic rings. The molecule has 6 heteroatoms. The van der Waals surface area contributed by atoms with Crippen LogP contribution < -0.4 is 4.74 Å². The van der Waals surface area contributed by atoms with Gasteiger partial charge in [0.15, 0.2) is 0 Å². The zero-order valence-electron chi connectivity index (χ0n) is 8.61. The molecule has 0 aliphatic carbocycles. The predicted molar refractivity (Wildman–Crippen MR) is 65.2 cm³/mol. The summed E-state index contributed by atoms with van der Waals surface area (Å²) in [7, 11) is 2.93. The number of hydrogen-bond acceptors (Lipinski definition) is 5. The first-order chi connectivity index (χ1) is 7.67. The largest absolute Gasteiger partial charge is 0.495 e. The van der Waals surface area contributed by atoms with Crippen molar-refractivity contribution in [1.29, 1.82) is 0 Å². The Hall–Kier alpha value is -1.14. The van der Waals surface area contributed by atoms with Gasteiger partial charge < -0.3 is 9.47 Å². The van der Waals surface area contributed by atoms with Crippen molar-refractivity contribution in [3.63, 3.8) is 0 Å². The third-order valence-electron chi connectivity index (χ3n) is 2.05. The molecule has 0 unspecified atom stereocenters. The maximum Gasteiger partial charge on any atom is 0.349 e. The molecule has 0 fully saturated rings. The summed E-state index contributed by atoms with van der Waals surface area (Å²) in [6.45, 7) is 0. The highest BCUT2D eigenvalue weighted by Crippen LogP contribution is 2.36. The molecule has 0 saturated heterocycles. The van der Waals surface area contributed by atoms with Gasteiger partial charge in [0.05, 0.1) is 35.1 Å². The van der Waals surface area contributed by atoms with E-state index in [0.29, 0.717) is 15.1 Å². The first-order valence-electron chi connectivity index (χ1n) is 4.37. The third-order valence-corrected chi connectivity index (χ3v) is 4.19. The Balaban J connectivity index is 2.63. The molecule has 2 heterocycles. The standard InChI is InChI=1S/C10H8BrNO3S/c1-14-5-3-6-8(12-4-5)7(11)9(16-6)10(13)15-2/h3-4H,1-2H3. The maximum atomic E-state index is 11.5. The highest BCUT2D eigenvalue weighted by molar-refractivity contribution is 9.10. The van der Waals surface area contributed by atoms with Gasteiger partial charge >= 0.3 is 5.97 Å². The molecule has 16 heavy (non-hydrogen) atoms. The smallest absolute Gasteiger partial charge is 0.349 e. The predicted octanol–water partition coefficient (Wildman–Crippen LogP) is 2.85. The number of carbonyl (C=O) groups excluding carboxylic acids is 1. The summed E-state index contributed by atoms with van der Waals surface area (Å²) in [6.07, 6.45) is 1.61. The molecule has 0 aliphatic rings. The minimum Gasteiger partial charge on any atom is -0.495 e. The van der Waals surface area contributed by atoms with Crippen LogP contribution in [0.15, 0.2) is 16.7 Å². The number of pyridine rings is 1. The van der Waals surface area contributed by atoms with Crippen molar-refractivity contribution in [3.05, 3.63) is 21.6 Å². The number of ether oxygens (including phenoxy) is 2. The van der Waals surface area contributed by atoms with E-state index in [2.05, 4.69) is 25.7 Å². The van der Waals surface area contributed by atoms with Gasteiger partial charge in [-0.1, -0.05) is 0 Å². The van der Waals surface area contributed by atoms with E-state index in [0.717, 1.165) is 10.2 Å². The number of rotatable bonds is 2. The molecule has 0 spiro atoms. The molecule has 0 aliphatic heterocycles. The lowest BCUT2D eigenvalue weighted by molar-refractivity contribution is 0.0605. The molecular formula is C10H8BrNO3S. The highest BCUT2D eigenvalue weighted by atomic mass is 79.9. The SMILES string of the molecule is COC(=O)c1sc2cc(OC)cnc2c1Br. The molecule has 2 aromatic heterocycles. The van der Waals surface area contributed by atoms with E-state index in [1.165, 1.54) is 18.4 Å². The van der Waals surface area contributed by atoms with Crippen LogP contribution in [0, 0.1) is 0 Å². The lowest BCUT2D eigenvalue weighted by atomic mass is 10.3. The van der Waals surface area contributed by atoms with Crippen LogP contribution >= 0.6 is 27.3 Å². The Morgan fingerprint density at radius 1 is 1.50 bits per heavy atom. The van der Waals surface area contributed by atoms with Gasteiger partial charge in [0, 0.05) is 6.07 Å². The van der Waals surface area contributed by atoms with Crippen LogP contribution in [0.1, 0.15) is 9.67 Å². The second kappa shape index (κ2) is 4.39. The summed E-state index contributed by atoms with van der Waals surface area (Å²) < 4.78 is 11.3. The van der Waals surface area contributed by atoms with Crippen LogP contribution in [-0.4, -0.2) is 25.2 Å². The molecule has 0 N–H and O–H groups in total. The molecule has 0 radical (unpaired) electrons. The molecule has 2 rings (SSSR count). The van der Waals surface area contributed by atoms with E-state index in [9.17, 15) is 4.79 Å². The van der Waals surface area contributed by atoms with Crippen molar-refractivity contribution in [2.45, 2.75) is 0 Å². The van der Waals surface area contributed by atoms with E-state index in [4.69, 9.17) is 4.74 Å². The Labute approximate surface area is 104 Å². The molecule has 0 bridgehead atoms. The van der Waals surface area contributed by atoms with Gasteiger partial charge in [-0.25, -0.2) is 4.79 Å². The normalized spacial score (nSPS) is 10.4. The zero-order chi connectivity index (χ0) is 11.7. The molecule has 0 amide bonds. The number of halogens is 1. The number of nitrogens with zero attached hydrogens (tertiary/aromatic N) is 1. The topological polar surface area (TPSA) is 48.4 Å². The van der Waals surface area contributed by atoms with Gasteiger partial charge in [-0.15, -0.1) is 11.3 Å². The van der Waals surface area contributed by atoms with Gasteiger partial charge in [0.1, 0.15) is 10.6 Å². The lowest BCUT2D eigenvalue weighted by Crippen LogP contribution is -1.98. The second-order valence-electron chi connectivity index (χ2n) is 2.96. The number of hydrogen-bond donors (Lipinski definition) is 0. The second-order valence-corrected chi connectivity index (χ2v) is 4.80. The quantitative estimate of drug-likeness (QED) is 0.800. The Morgan fingerprint density at radius 3 is 2.88 bits per heavy atom. The lowest BCUT2D eigenvalue weighted by Gasteiger charge is -1.97. The van der Waals surface area contributed by atoms with Crippen molar-refractivity contribution in [1.82, 2.24) is 4.98 Å². The van der Waals surface area contributed by atoms with Crippen LogP contribution in [0.5, 0.6) is 5.75 Å². The zero-order valence-corrected chi connectivity index (χ0v) is 11.0. The van der Waals surface area contributed by atoms with Gasteiger partial charge in [0.25, 0.3) is 0 Å². The number of aromatic nitrogens is 1. The monoisotopic (exact) mass is 301 g/mol. The van der Waals surface area contributed by atoms with Crippen LogP contribution in [0.3, 0.4) is 0 Å². The van der Waals surface area contributed by atoms with Crippen molar-refractivity contribution in [2.75, 3.05) is 14.2 Å². The maximum absolute atomic E-state index is 11.5. The van der Waals surface area contributed by atoms with E-state index < -0.39 is 0 Å². The Kier molecular flexibility index (Phi) is 3.11. The number of carbonyl (C=O) groups is 1. The van der Waals surface area contributed by atoms with Gasteiger partial charge in [0.2, 0.25) is 0 Å². The molecule has 4 nitrogen and oxygen atoms in total. The van der Waals surface area contributed by atoms with Crippen LogP contribution in [-0.2, 0) is 4.74 Å². The van der Waals surface area contributed by atoms with Gasteiger partial charge in [-0.3, -0.25) is 4.98 Å². The minimum absolute atomic E-state index is 0.367. The van der Waals surface area contributed by atoms with E-state index in [1.807, 2.05) is 6.07 Å². The molecular weight excluding hydrogens is 294 g/mol. The van der Waals surface area contributed by atoms with Crippen molar-refractivity contribution in [2.24, 2.45) is 0 Å². The minimum atomic E-state index is -0.367. The number of methoxy groups -OCH3 is 2. The molecule has 0 aromatic carbocycles. The fourth-order valence-electron chi connectivity index (χ4n) is 1.27. The Morgan fingerprint density at radius 2 is 2.25 bits per heavy atom. The first-order valence-corrected chi connectivity index (χ1v) is 5.98. The van der Waals surface area contributed by atoms with Gasteiger partial charge in [-0.05, 0) is 15.9 Å². The number of esters is 1. The molecule has 0 saturated carbocycles. The van der Waals surface area contributed by atoms with Crippen molar-refractivity contribution in [3.8, 4) is 5.75 Å².